The second-order valence-corrected chi connectivity index (χ2v) is 6.64. The number of nitrogens with one attached hydrogen (secondary N) is 2. The number of para-hydroxylation sites is 1. The second-order valence-electron chi connectivity index (χ2n) is 6.64. The summed E-state index contributed by atoms with van der Waals surface area (Å²) < 4.78 is 0. The van der Waals surface area contributed by atoms with E-state index < -0.39 is 0 Å². The van der Waals surface area contributed by atoms with Gasteiger partial charge in [-0.25, -0.2) is 0 Å². The number of aromatic nitrogens is 2. The fourth-order valence-electron chi connectivity index (χ4n) is 4.13. The number of likely N-dealkylation sites (tertiary alicyclic amines) is 1. The van der Waals surface area contributed by atoms with Gasteiger partial charge < -0.3 is 9.88 Å². The van der Waals surface area contributed by atoms with Crippen molar-refractivity contribution in [2.24, 2.45) is 0 Å². The molecule has 4 rings (SSSR count). The van der Waals surface area contributed by atoms with Gasteiger partial charge in [0.15, 0.2) is 0 Å². The molecule has 3 nitrogen and oxygen atoms in total. The molecule has 1 aromatic carbocycles. The Hall–Kier alpha value is -2.13. The molecule has 0 amide bonds. The van der Waals surface area contributed by atoms with Crippen molar-refractivity contribution in [2.75, 3.05) is 13.1 Å². The van der Waals surface area contributed by atoms with Gasteiger partial charge in [-0.1, -0.05) is 18.2 Å². The van der Waals surface area contributed by atoms with Gasteiger partial charge in [-0.05, 0) is 44.4 Å². The Labute approximate surface area is 137 Å². The van der Waals surface area contributed by atoms with E-state index in [2.05, 4.69) is 53.3 Å². The number of aromatic amines is 1. The minimum absolute atomic E-state index is 0.398. The second kappa shape index (κ2) is 6.17. The highest BCUT2D eigenvalue weighted by molar-refractivity contribution is 5.85. The van der Waals surface area contributed by atoms with Crippen LogP contribution in [0.1, 0.15) is 42.1 Å². The third kappa shape index (κ3) is 2.66. The summed E-state index contributed by atoms with van der Waals surface area (Å²) in [5, 5.41) is 1.37. The van der Waals surface area contributed by atoms with E-state index in [0.29, 0.717) is 6.04 Å². The Morgan fingerprint density at radius 1 is 1.00 bits per heavy atom. The van der Waals surface area contributed by atoms with Gasteiger partial charge in [-0.3, -0.25) is 4.98 Å². The molecule has 1 aliphatic heterocycles. The number of pyridine rings is 1. The third-order valence-electron chi connectivity index (χ3n) is 5.18. The van der Waals surface area contributed by atoms with Crippen molar-refractivity contribution < 1.29 is 4.90 Å². The molecule has 2 aromatic heterocycles. The van der Waals surface area contributed by atoms with E-state index in [1.807, 2.05) is 12.4 Å². The lowest BCUT2D eigenvalue weighted by Crippen LogP contribution is -3.13. The molecule has 3 heteroatoms. The lowest BCUT2D eigenvalue weighted by molar-refractivity contribution is -0.930. The summed E-state index contributed by atoms with van der Waals surface area (Å²) in [7, 11) is 0. The van der Waals surface area contributed by atoms with Crippen LogP contribution in [0.2, 0.25) is 0 Å². The van der Waals surface area contributed by atoms with Gasteiger partial charge in [0, 0.05) is 40.1 Å². The fourth-order valence-corrected chi connectivity index (χ4v) is 4.13. The Kier molecular flexibility index (Phi) is 3.88. The van der Waals surface area contributed by atoms with E-state index in [0.717, 1.165) is 0 Å². The van der Waals surface area contributed by atoms with E-state index in [-0.39, 0.29) is 0 Å². The number of rotatable bonds is 3. The first kappa shape index (κ1) is 14.5. The number of H-pyrrole nitrogens is 1. The summed E-state index contributed by atoms with van der Waals surface area (Å²) in [6, 6.07) is 13.5. The number of nitrogens with zero attached hydrogens (tertiary/aromatic N) is 1. The van der Waals surface area contributed by atoms with Crippen LogP contribution in [0.25, 0.3) is 10.9 Å². The first-order chi connectivity index (χ1) is 11.3. The van der Waals surface area contributed by atoms with Crippen molar-refractivity contribution in [3.05, 3.63) is 65.6 Å². The normalized spacial score (nSPS) is 17.4. The standard InChI is InChI=1S/C20H23N3/c1-15-19(17-7-3-4-8-18(17)22-15)20(16-9-11-21-12-10-16)23-13-5-2-6-14-23/h3-4,7-12,20,22H,2,5-6,13-14H2,1H3/p+1/t20-/m1/s1. The summed E-state index contributed by atoms with van der Waals surface area (Å²) in [6.07, 6.45) is 7.89. The van der Waals surface area contributed by atoms with Crippen LogP contribution in [-0.4, -0.2) is 23.1 Å². The number of hydrogen-bond acceptors (Lipinski definition) is 1. The van der Waals surface area contributed by atoms with Crippen LogP contribution in [0, 0.1) is 6.92 Å². The van der Waals surface area contributed by atoms with Crippen LogP contribution in [0.3, 0.4) is 0 Å². The molecule has 0 bridgehead atoms. The molecular formula is C20H24N3+. The molecule has 1 aliphatic rings. The maximum absolute atomic E-state index is 4.22. The van der Waals surface area contributed by atoms with Gasteiger partial charge in [-0.15, -0.1) is 0 Å². The molecule has 0 aliphatic carbocycles. The molecule has 0 saturated carbocycles. The van der Waals surface area contributed by atoms with Crippen LogP contribution in [0.5, 0.6) is 0 Å². The van der Waals surface area contributed by atoms with Crippen LogP contribution in [0.15, 0.2) is 48.8 Å². The van der Waals surface area contributed by atoms with Gasteiger partial charge in [0.25, 0.3) is 0 Å². The SMILES string of the molecule is Cc1[nH]c2ccccc2c1[C@@H](c1ccncc1)[NH+]1CCCCC1. The van der Waals surface area contributed by atoms with E-state index in [1.54, 1.807) is 4.90 Å². The summed E-state index contributed by atoms with van der Waals surface area (Å²) in [4.78, 5) is 9.50. The van der Waals surface area contributed by atoms with E-state index >= 15 is 0 Å². The van der Waals surface area contributed by atoms with Gasteiger partial charge >= 0.3 is 0 Å². The van der Waals surface area contributed by atoms with Crippen LogP contribution in [0.4, 0.5) is 0 Å². The van der Waals surface area contributed by atoms with Crippen molar-refractivity contribution in [2.45, 2.75) is 32.2 Å². The molecule has 0 radical (unpaired) electrons. The third-order valence-corrected chi connectivity index (χ3v) is 5.18. The van der Waals surface area contributed by atoms with Crippen molar-refractivity contribution in [3.8, 4) is 0 Å². The molecule has 3 aromatic rings. The highest BCUT2D eigenvalue weighted by Gasteiger charge is 2.31. The minimum atomic E-state index is 0.398. The molecule has 23 heavy (non-hydrogen) atoms. The average Bonchev–Trinajstić information content (AvgIpc) is 2.94. The van der Waals surface area contributed by atoms with Gasteiger partial charge in [0.1, 0.15) is 6.04 Å². The van der Waals surface area contributed by atoms with Crippen molar-refractivity contribution in [1.82, 2.24) is 9.97 Å². The molecule has 0 unspecified atom stereocenters. The molecule has 1 atom stereocenters. The number of aryl methyl sites for hydroxylation is 1. The highest BCUT2D eigenvalue weighted by Crippen LogP contribution is 2.30. The Bertz CT molecular complexity index is 785. The summed E-state index contributed by atoms with van der Waals surface area (Å²) in [5.74, 6) is 0. The number of hydrogen-bond donors (Lipinski definition) is 2. The van der Waals surface area contributed by atoms with E-state index in [1.165, 1.54) is 60.1 Å². The zero-order valence-corrected chi connectivity index (χ0v) is 13.7. The number of benzene rings is 1. The lowest BCUT2D eigenvalue weighted by atomic mass is 9.93. The molecule has 1 fully saturated rings. The Balaban J connectivity index is 1.88. The largest absolute Gasteiger partial charge is 0.358 e. The first-order valence-corrected chi connectivity index (χ1v) is 8.66. The van der Waals surface area contributed by atoms with Crippen LogP contribution < -0.4 is 4.90 Å². The van der Waals surface area contributed by atoms with Crippen molar-refractivity contribution in [1.29, 1.82) is 0 Å². The summed E-state index contributed by atoms with van der Waals surface area (Å²) in [6.45, 7) is 4.73. The quantitative estimate of drug-likeness (QED) is 0.766. The zero-order valence-electron chi connectivity index (χ0n) is 13.7. The van der Waals surface area contributed by atoms with E-state index in [9.17, 15) is 0 Å². The van der Waals surface area contributed by atoms with Crippen molar-refractivity contribution >= 4 is 10.9 Å². The fraction of sp³-hybridized carbons (Fsp3) is 0.350. The van der Waals surface area contributed by atoms with Gasteiger partial charge in [0.2, 0.25) is 0 Å². The number of piperidine rings is 1. The first-order valence-electron chi connectivity index (χ1n) is 8.66. The summed E-state index contributed by atoms with van der Waals surface area (Å²) in [5.41, 5.74) is 5.38. The zero-order chi connectivity index (χ0) is 15.6. The predicted octanol–water partition coefficient (Wildman–Crippen LogP) is 3.03. The Morgan fingerprint density at radius 2 is 1.74 bits per heavy atom. The topological polar surface area (TPSA) is 33.1 Å². The van der Waals surface area contributed by atoms with Crippen LogP contribution >= 0.6 is 0 Å². The molecule has 118 valence electrons. The molecule has 0 spiro atoms. The molecule has 3 heterocycles. The average molecular weight is 306 g/mol. The Morgan fingerprint density at radius 3 is 2.52 bits per heavy atom. The molecular weight excluding hydrogens is 282 g/mol. The lowest BCUT2D eigenvalue weighted by Gasteiger charge is -2.32. The molecule has 2 N–H and O–H groups in total. The monoisotopic (exact) mass is 306 g/mol. The van der Waals surface area contributed by atoms with E-state index in [4.69, 9.17) is 0 Å². The minimum Gasteiger partial charge on any atom is -0.358 e. The molecule has 1 saturated heterocycles. The van der Waals surface area contributed by atoms with Gasteiger partial charge in [-0.2, -0.15) is 0 Å². The van der Waals surface area contributed by atoms with Gasteiger partial charge in [0.05, 0.1) is 13.1 Å². The number of quaternary nitrogens is 1. The maximum Gasteiger partial charge on any atom is 0.141 e. The predicted molar refractivity (Wildman–Crippen MR) is 93.7 cm³/mol. The smallest absolute Gasteiger partial charge is 0.141 e. The van der Waals surface area contributed by atoms with Crippen LogP contribution in [-0.2, 0) is 0 Å². The maximum atomic E-state index is 4.22. The highest BCUT2D eigenvalue weighted by atomic mass is 15.2. The van der Waals surface area contributed by atoms with Crippen molar-refractivity contribution in [3.63, 3.8) is 0 Å². The summed E-state index contributed by atoms with van der Waals surface area (Å²) >= 11 is 0. The number of fused-ring (bicyclic) bond motifs is 1.